The Balaban J connectivity index is 1.21. The molecule has 2 amide bonds. The number of nitrogens with zero attached hydrogens (tertiary/aromatic N) is 4. The van der Waals surface area contributed by atoms with Crippen molar-refractivity contribution in [2.75, 3.05) is 19.7 Å². The summed E-state index contributed by atoms with van der Waals surface area (Å²) in [5.74, 6) is -0.836. The first kappa shape index (κ1) is 35.7. The lowest BCUT2D eigenvalue weighted by atomic mass is 9.95. The second-order valence-corrected chi connectivity index (χ2v) is 14.6. The molecule has 0 bridgehead atoms. The second-order valence-electron chi connectivity index (χ2n) is 13.6. The van der Waals surface area contributed by atoms with E-state index in [0.717, 1.165) is 39.4 Å². The smallest absolute Gasteiger partial charge is 0.310 e. The Morgan fingerprint density at radius 2 is 1.63 bits per heavy atom. The van der Waals surface area contributed by atoms with Crippen LogP contribution in [0.2, 0.25) is 0 Å². The topological polar surface area (TPSA) is 135 Å². The molecule has 5 rings (SSSR count). The number of aromatic nitrogens is 3. The van der Waals surface area contributed by atoms with Gasteiger partial charge < -0.3 is 20.1 Å². The molecule has 4 heterocycles. The number of amides is 2. The number of pyridine rings is 1. The molecular formula is C38H45N5O5S. The lowest BCUT2D eigenvalue weighted by molar-refractivity contribution is -0.153. The molecule has 1 fully saturated rings. The number of benzene rings is 1. The van der Waals surface area contributed by atoms with Crippen LogP contribution in [0.3, 0.4) is 0 Å². The average Bonchev–Trinajstić information content (AvgIpc) is 3.58. The predicted octanol–water partition coefficient (Wildman–Crippen LogP) is 6.80. The largest absolute Gasteiger partial charge is 0.492 e. The number of carbonyl (C=O) groups excluding carboxylic acids is 2. The molecule has 2 N–H and O–H groups in total. The van der Waals surface area contributed by atoms with Crippen LogP contribution < -0.4 is 10.1 Å². The summed E-state index contributed by atoms with van der Waals surface area (Å²) in [6.45, 7) is 9.41. The highest BCUT2D eigenvalue weighted by molar-refractivity contribution is 7.14. The van der Waals surface area contributed by atoms with Crippen LogP contribution in [0.25, 0.3) is 22.6 Å². The number of aliphatic carboxylic acids is 1. The van der Waals surface area contributed by atoms with Crippen molar-refractivity contribution in [2.24, 2.45) is 5.92 Å². The van der Waals surface area contributed by atoms with Crippen molar-refractivity contribution in [1.82, 2.24) is 25.2 Å². The molecule has 0 spiro atoms. The van der Waals surface area contributed by atoms with Gasteiger partial charge in [0.2, 0.25) is 5.91 Å². The van der Waals surface area contributed by atoms with Crippen LogP contribution in [-0.4, -0.2) is 68.5 Å². The van der Waals surface area contributed by atoms with Crippen molar-refractivity contribution >= 4 is 29.1 Å². The maximum Gasteiger partial charge on any atom is 0.310 e. The van der Waals surface area contributed by atoms with Crippen LogP contribution >= 0.6 is 11.3 Å². The fraction of sp³-hybridized carbons (Fsp3) is 0.421. The van der Waals surface area contributed by atoms with Gasteiger partial charge in [0.15, 0.2) is 5.82 Å². The standard InChI is InChI=1S/C38H45N5O5S/c1-5-6-7-8-9-18-48-29-14-15-30(39-22-29)27-20-40-34(41-21-27)26-12-10-25(11-13-26)19-31(36(45)43-23-28(24-43)37(46)47)42-35(44)32-16-17-33(49-32)38(2,3)4/h10-17,20-22,28,31H,5-9,18-19,23-24H2,1-4H3,(H,42,44)(H,46,47)/t31-/m0/s1. The Bertz CT molecular complexity index is 1710. The van der Waals surface area contributed by atoms with Crippen LogP contribution in [-0.2, 0) is 21.4 Å². The normalized spacial score (nSPS) is 13.8. The number of hydrogen-bond acceptors (Lipinski definition) is 8. The number of unbranched alkanes of at least 4 members (excludes halogenated alkanes) is 4. The van der Waals surface area contributed by atoms with E-state index in [9.17, 15) is 19.5 Å². The number of ether oxygens (including phenoxy) is 1. The minimum atomic E-state index is -0.925. The molecule has 4 aromatic rings. The van der Waals surface area contributed by atoms with Crippen molar-refractivity contribution in [3.05, 3.63) is 82.4 Å². The zero-order valence-corrected chi connectivity index (χ0v) is 29.5. The van der Waals surface area contributed by atoms with E-state index in [-0.39, 0.29) is 36.7 Å². The summed E-state index contributed by atoms with van der Waals surface area (Å²) >= 11 is 1.41. The van der Waals surface area contributed by atoms with Gasteiger partial charge in [0.25, 0.3) is 5.91 Å². The Hall–Kier alpha value is -4.64. The maximum absolute atomic E-state index is 13.5. The third kappa shape index (κ3) is 9.50. The lowest BCUT2D eigenvalue weighted by Crippen LogP contribution is -2.59. The minimum Gasteiger partial charge on any atom is -0.492 e. The van der Waals surface area contributed by atoms with E-state index >= 15 is 0 Å². The lowest BCUT2D eigenvalue weighted by Gasteiger charge is -2.38. The van der Waals surface area contributed by atoms with Gasteiger partial charge >= 0.3 is 5.97 Å². The van der Waals surface area contributed by atoms with E-state index in [0.29, 0.717) is 17.3 Å². The number of carboxylic acids is 1. The molecule has 3 aromatic heterocycles. The number of carbonyl (C=O) groups is 3. The Morgan fingerprint density at radius 1 is 0.918 bits per heavy atom. The zero-order valence-electron chi connectivity index (χ0n) is 28.6. The number of rotatable bonds is 15. The van der Waals surface area contributed by atoms with Gasteiger partial charge in [-0.1, -0.05) is 77.6 Å². The van der Waals surface area contributed by atoms with E-state index < -0.39 is 17.9 Å². The molecule has 1 atom stereocenters. The maximum atomic E-state index is 13.5. The van der Waals surface area contributed by atoms with Crippen molar-refractivity contribution in [3.8, 4) is 28.4 Å². The predicted molar refractivity (Wildman–Crippen MR) is 191 cm³/mol. The molecule has 0 unspecified atom stereocenters. The van der Waals surface area contributed by atoms with Crippen molar-refractivity contribution in [2.45, 2.75) is 77.7 Å². The van der Waals surface area contributed by atoms with E-state index in [4.69, 9.17) is 4.74 Å². The first-order valence-corrected chi connectivity index (χ1v) is 17.8. The molecule has 0 aliphatic carbocycles. The highest BCUT2D eigenvalue weighted by Gasteiger charge is 2.39. The van der Waals surface area contributed by atoms with E-state index in [1.807, 2.05) is 42.5 Å². The highest BCUT2D eigenvalue weighted by Crippen LogP contribution is 2.30. The van der Waals surface area contributed by atoms with Crippen LogP contribution in [0, 0.1) is 5.92 Å². The van der Waals surface area contributed by atoms with Crippen molar-refractivity contribution in [1.29, 1.82) is 0 Å². The van der Waals surface area contributed by atoms with Crippen LogP contribution in [0.5, 0.6) is 5.75 Å². The minimum absolute atomic E-state index is 0.0989. The summed E-state index contributed by atoms with van der Waals surface area (Å²) in [7, 11) is 0. The van der Waals surface area contributed by atoms with Gasteiger partial charge in [-0.25, -0.2) is 9.97 Å². The molecule has 1 aliphatic rings. The van der Waals surface area contributed by atoms with Gasteiger partial charge in [0.1, 0.15) is 11.8 Å². The fourth-order valence-electron chi connectivity index (χ4n) is 5.49. The third-order valence-corrected chi connectivity index (χ3v) is 10.1. The van der Waals surface area contributed by atoms with E-state index in [2.05, 4.69) is 48.0 Å². The van der Waals surface area contributed by atoms with Crippen molar-refractivity contribution < 1.29 is 24.2 Å². The number of carboxylic acid groups (broad SMARTS) is 1. The monoisotopic (exact) mass is 683 g/mol. The third-order valence-electron chi connectivity index (χ3n) is 8.57. The van der Waals surface area contributed by atoms with Crippen molar-refractivity contribution in [3.63, 3.8) is 0 Å². The second kappa shape index (κ2) is 16.2. The quantitative estimate of drug-likeness (QED) is 0.131. The zero-order chi connectivity index (χ0) is 35.0. The van der Waals surface area contributed by atoms with Crippen LogP contribution in [0.1, 0.15) is 79.9 Å². The van der Waals surface area contributed by atoms with Crippen LogP contribution in [0.4, 0.5) is 0 Å². The van der Waals surface area contributed by atoms with Gasteiger partial charge in [-0.3, -0.25) is 19.4 Å². The summed E-state index contributed by atoms with van der Waals surface area (Å²) in [6.07, 6.45) is 11.4. The molecule has 10 nitrogen and oxygen atoms in total. The summed E-state index contributed by atoms with van der Waals surface area (Å²) < 4.78 is 5.83. The molecule has 11 heteroatoms. The molecule has 258 valence electrons. The first-order valence-electron chi connectivity index (χ1n) is 16.9. The summed E-state index contributed by atoms with van der Waals surface area (Å²) in [6, 6.07) is 14.2. The molecule has 0 radical (unpaired) electrons. The van der Waals surface area contributed by atoms with Gasteiger partial charge in [-0.05, 0) is 41.7 Å². The molecule has 1 aromatic carbocycles. The molecule has 0 saturated carbocycles. The summed E-state index contributed by atoms with van der Waals surface area (Å²) in [5.41, 5.74) is 3.09. The Labute approximate surface area is 292 Å². The molecular weight excluding hydrogens is 639 g/mol. The van der Waals surface area contributed by atoms with Gasteiger partial charge in [0.05, 0.1) is 29.3 Å². The van der Waals surface area contributed by atoms with E-state index in [1.54, 1.807) is 24.7 Å². The van der Waals surface area contributed by atoms with Gasteiger partial charge in [0, 0.05) is 47.9 Å². The molecule has 1 saturated heterocycles. The molecule has 49 heavy (non-hydrogen) atoms. The summed E-state index contributed by atoms with van der Waals surface area (Å²) in [4.78, 5) is 54.8. The number of nitrogens with one attached hydrogen (secondary N) is 1. The highest BCUT2D eigenvalue weighted by atomic mass is 32.1. The number of thiophene rings is 1. The number of hydrogen-bond donors (Lipinski definition) is 2. The Morgan fingerprint density at radius 3 is 2.24 bits per heavy atom. The summed E-state index contributed by atoms with van der Waals surface area (Å²) in [5, 5.41) is 12.2. The van der Waals surface area contributed by atoms with Crippen LogP contribution in [0.15, 0.2) is 67.1 Å². The fourth-order valence-corrected chi connectivity index (χ4v) is 6.46. The Kier molecular flexibility index (Phi) is 11.8. The number of likely N-dealkylation sites (tertiary alicyclic amines) is 1. The molecule has 1 aliphatic heterocycles. The first-order chi connectivity index (χ1) is 23.5. The average molecular weight is 684 g/mol. The SMILES string of the molecule is CCCCCCCOc1ccc(-c2cnc(-c3ccc(C[C@H](NC(=O)c4ccc(C(C)(C)C)s4)C(=O)N4CC(C(=O)O)C4)cc3)nc2)nc1. The van der Waals surface area contributed by atoms with Gasteiger partial charge in [-0.15, -0.1) is 11.3 Å². The van der Waals surface area contributed by atoms with E-state index in [1.165, 1.54) is 41.9 Å². The van der Waals surface area contributed by atoms with Gasteiger partial charge in [-0.2, -0.15) is 0 Å².